The number of carboxylic acid groups (broad SMARTS) is 1. The molecule has 0 bridgehead atoms. The fourth-order valence-electron chi connectivity index (χ4n) is 1.66. The van der Waals surface area contributed by atoms with Crippen LogP contribution < -0.4 is 0 Å². The van der Waals surface area contributed by atoms with Crippen LogP contribution in [0.1, 0.15) is 41.6 Å². The maximum atomic E-state index is 11.7. The summed E-state index contributed by atoms with van der Waals surface area (Å²) in [6.07, 6.45) is 1.98. The van der Waals surface area contributed by atoms with Crippen molar-refractivity contribution in [3.63, 3.8) is 0 Å². The molecule has 1 aliphatic rings. The summed E-state index contributed by atoms with van der Waals surface area (Å²) in [4.78, 5) is 22.5. The molecule has 0 unspecified atom stereocenters. The van der Waals surface area contributed by atoms with Crippen molar-refractivity contribution in [2.75, 3.05) is 0 Å². The van der Waals surface area contributed by atoms with Gasteiger partial charge in [-0.1, -0.05) is 24.3 Å². The first-order chi connectivity index (χ1) is 7.59. The van der Waals surface area contributed by atoms with Crippen molar-refractivity contribution in [1.29, 1.82) is 0 Å². The van der Waals surface area contributed by atoms with E-state index in [4.69, 9.17) is 5.11 Å². The highest BCUT2D eigenvalue weighted by molar-refractivity contribution is 5.99. The summed E-state index contributed by atoms with van der Waals surface area (Å²) >= 11 is 0. The first-order valence-electron chi connectivity index (χ1n) is 5.46. The number of rotatable bonds is 4. The third kappa shape index (κ3) is 2.13. The van der Waals surface area contributed by atoms with E-state index in [0.717, 1.165) is 18.4 Å². The molecule has 3 nitrogen and oxygen atoms in total. The minimum atomic E-state index is -0.846. The van der Waals surface area contributed by atoms with Crippen molar-refractivity contribution in [3.05, 3.63) is 35.4 Å². The van der Waals surface area contributed by atoms with E-state index in [2.05, 4.69) is 0 Å². The van der Waals surface area contributed by atoms with E-state index in [1.165, 1.54) is 0 Å². The largest absolute Gasteiger partial charge is 0.481 e. The molecule has 1 saturated carbocycles. The highest BCUT2D eigenvalue weighted by Gasteiger charge is 2.30. The molecule has 1 aliphatic carbocycles. The quantitative estimate of drug-likeness (QED) is 0.790. The van der Waals surface area contributed by atoms with Gasteiger partial charge in [0, 0.05) is 11.5 Å². The van der Waals surface area contributed by atoms with Gasteiger partial charge < -0.3 is 5.11 Å². The second-order valence-corrected chi connectivity index (χ2v) is 4.32. The standard InChI is InChI=1S/C13H14O3/c1-8(13(15)16)9-2-4-10(5-3-9)12(14)11-6-7-11/h2-5,8,11H,6-7H2,1H3,(H,15,16)/t8-/m0/s1. The van der Waals surface area contributed by atoms with Gasteiger partial charge in [-0.15, -0.1) is 0 Å². The predicted molar refractivity (Wildman–Crippen MR) is 59.5 cm³/mol. The Kier molecular flexibility index (Phi) is 2.77. The third-order valence-electron chi connectivity index (χ3n) is 3.01. The summed E-state index contributed by atoms with van der Waals surface area (Å²) in [5.41, 5.74) is 1.43. The molecule has 3 heteroatoms. The van der Waals surface area contributed by atoms with Crippen molar-refractivity contribution >= 4 is 11.8 Å². The maximum Gasteiger partial charge on any atom is 0.310 e. The Hall–Kier alpha value is -1.64. The number of aliphatic carboxylic acids is 1. The number of carboxylic acids is 1. The van der Waals surface area contributed by atoms with Crippen molar-refractivity contribution in [3.8, 4) is 0 Å². The van der Waals surface area contributed by atoms with Crippen molar-refractivity contribution in [2.45, 2.75) is 25.7 Å². The van der Waals surface area contributed by atoms with E-state index < -0.39 is 11.9 Å². The van der Waals surface area contributed by atoms with Gasteiger partial charge >= 0.3 is 5.97 Å². The Morgan fingerprint density at radius 1 is 1.25 bits per heavy atom. The lowest BCUT2D eigenvalue weighted by molar-refractivity contribution is -0.138. The van der Waals surface area contributed by atoms with Crippen molar-refractivity contribution in [1.82, 2.24) is 0 Å². The molecule has 1 aromatic rings. The van der Waals surface area contributed by atoms with Crippen LogP contribution in [0.4, 0.5) is 0 Å². The molecule has 0 radical (unpaired) electrons. The number of carbonyl (C=O) groups is 2. The molecule has 1 N–H and O–H groups in total. The lowest BCUT2D eigenvalue weighted by Gasteiger charge is -2.07. The normalized spacial score (nSPS) is 16.8. The first-order valence-corrected chi connectivity index (χ1v) is 5.46. The number of Topliss-reactive ketones (excluding diaryl/α,β-unsaturated/α-hetero) is 1. The molecule has 0 aromatic heterocycles. The third-order valence-corrected chi connectivity index (χ3v) is 3.01. The number of carbonyl (C=O) groups excluding carboxylic acids is 1. The van der Waals surface area contributed by atoms with E-state index in [0.29, 0.717) is 5.56 Å². The van der Waals surface area contributed by atoms with Gasteiger partial charge in [0.05, 0.1) is 5.92 Å². The average molecular weight is 218 g/mol. The molecule has 1 aromatic carbocycles. The molecule has 0 spiro atoms. The summed E-state index contributed by atoms with van der Waals surface area (Å²) in [5, 5.41) is 8.85. The van der Waals surface area contributed by atoms with E-state index >= 15 is 0 Å². The molecule has 1 fully saturated rings. The van der Waals surface area contributed by atoms with Gasteiger partial charge in [-0.25, -0.2) is 0 Å². The molecular weight excluding hydrogens is 204 g/mol. The number of benzene rings is 1. The van der Waals surface area contributed by atoms with Gasteiger partial charge in [-0.3, -0.25) is 9.59 Å². The Labute approximate surface area is 94.1 Å². The highest BCUT2D eigenvalue weighted by Crippen LogP contribution is 2.32. The molecule has 0 amide bonds. The smallest absolute Gasteiger partial charge is 0.310 e. The fraction of sp³-hybridized carbons (Fsp3) is 0.385. The minimum Gasteiger partial charge on any atom is -0.481 e. The minimum absolute atomic E-state index is 0.189. The molecule has 1 atom stereocenters. The number of hydrogen-bond acceptors (Lipinski definition) is 2. The summed E-state index contributed by atoms with van der Waals surface area (Å²) in [6.45, 7) is 1.64. The van der Waals surface area contributed by atoms with Crippen LogP contribution in [0.5, 0.6) is 0 Å². The lowest BCUT2D eigenvalue weighted by Crippen LogP contribution is -2.08. The van der Waals surface area contributed by atoms with Gasteiger partial charge in [0.25, 0.3) is 0 Å². The topological polar surface area (TPSA) is 54.4 Å². The number of ketones is 1. The summed E-state index contributed by atoms with van der Waals surface area (Å²) in [5.74, 6) is -0.969. The van der Waals surface area contributed by atoms with Crippen LogP contribution in [0, 0.1) is 5.92 Å². The van der Waals surface area contributed by atoms with E-state index in [-0.39, 0.29) is 11.7 Å². The average Bonchev–Trinajstić information content (AvgIpc) is 3.11. The lowest BCUT2D eigenvalue weighted by atomic mass is 9.98. The van der Waals surface area contributed by atoms with E-state index in [1.807, 2.05) is 0 Å². The molecule has 16 heavy (non-hydrogen) atoms. The molecule has 84 valence electrons. The monoisotopic (exact) mass is 218 g/mol. The molecule has 0 heterocycles. The van der Waals surface area contributed by atoms with Gasteiger partial charge in [0.15, 0.2) is 5.78 Å². The van der Waals surface area contributed by atoms with Gasteiger partial charge in [-0.05, 0) is 25.3 Å². The van der Waals surface area contributed by atoms with Gasteiger partial charge in [-0.2, -0.15) is 0 Å². The second-order valence-electron chi connectivity index (χ2n) is 4.32. The fourth-order valence-corrected chi connectivity index (χ4v) is 1.66. The molecular formula is C13H14O3. The second kappa shape index (κ2) is 4.08. The van der Waals surface area contributed by atoms with E-state index in [9.17, 15) is 9.59 Å². The predicted octanol–water partition coefficient (Wildman–Crippen LogP) is 2.47. The zero-order valence-electron chi connectivity index (χ0n) is 9.14. The summed E-state index contributed by atoms with van der Waals surface area (Å²) in [6, 6.07) is 6.92. The van der Waals surface area contributed by atoms with Gasteiger partial charge in [0.2, 0.25) is 0 Å². The Morgan fingerprint density at radius 2 is 1.81 bits per heavy atom. The number of hydrogen-bond donors (Lipinski definition) is 1. The zero-order chi connectivity index (χ0) is 11.7. The van der Waals surface area contributed by atoms with Crippen LogP contribution >= 0.6 is 0 Å². The summed E-state index contributed by atoms with van der Waals surface area (Å²) in [7, 11) is 0. The zero-order valence-corrected chi connectivity index (χ0v) is 9.14. The van der Waals surface area contributed by atoms with Crippen LogP contribution in [-0.4, -0.2) is 16.9 Å². The Bertz CT molecular complexity index is 415. The van der Waals surface area contributed by atoms with Crippen LogP contribution in [0.3, 0.4) is 0 Å². The van der Waals surface area contributed by atoms with Crippen LogP contribution in [0.2, 0.25) is 0 Å². The molecule has 2 rings (SSSR count). The van der Waals surface area contributed by atoms with Crippen LogP contribution in [0.15, 0.2) is 24.3 Å². The molecule has 0 aliphatic heterocycles. The van der Waals surface area contributed by atoms with Crippen LogP contribution in [-0.2, 0) is 4.79 Å². The SMILES string of the molecule is C[C@H](C(=O)O)c1ccc(C(=O)C2CC2)cc1. The van der Waals surface area contributed by atoms with E-state index in [1.54, 1.807) is 31.2 Å². The molecule has 0 saturated heterocycles. The Balaban J connectivity index is 2.15. The first kappa shape index (κ1) is 10.9. The van der Waals surface area contributed by atoms with Gasteiger partial charge in [0.1, 0.15) is 0 Å². The Morgan fingerprint density at radius 3 is 2.25 bits per heavy atom. The summed E-state index contributed by atoms with van der Waals surface area (Å²) < 4.78 is 0. The maximum absolute atomic E-state index is 11.7. The van der Waals surface area contributed by atoms with Crippen molar-refractivity contribution < 1.29 is 14.7 Å². The highest BCUT2D eigenvalue weighted by atomic mass is 16.4. The van der Waals surface area contributed by atoms with Crippen LogP contribution in [0.25, 0.3) is 0 Å². The van der Waals surface area contributed by atoms with Crippen molar-refractivity contribution in [2.24, 2.45) is 5.92 Å².